The first-order valence-electron chi connectivity index (χ1n) is 5.29. The van der Waals surface area contributed by atoms with Crippen LogP contribution >= 0.6 is 27.5 Å². The molecular formula is C14H7BrClFN2. The Morgan fingerprint density at radius 1 is 1.21 bits per heavy atom. The highest BCUT2D eigenvalue weighted by molar-refractivity contribution is 9.10. The summed E-state index contributed by atoms with van der Waals surface area (Å²) in [5, 5.41) is 9.51. The molecule has 0 aliphatic heterocycles. The quantitative estimate of drug-likeness (QED) is 0.750. The topological polar surface area (TPSA) is 36.7 Å². The van der Waals surface area contributed by atoms with Crippen LogP contribution in [0.2, 0.25) is 0 Å². The molecular weight excluding hydrogens is 331 g/mol. The largest absolute Gasteiger partial charge is 0.265 e. The summed E-state index contributed by atoms with van der Waals surface area (Å²) < 4.78 is 13.5. The number of pyridine rings is 1. The average Bonchev–Trinajstić information content (AvgIpc) is 2.44. The van der Waals surface area contributed by atoms with Gasteiger partial charge in [0.05, 0.1) is 15.1 Å². The third kappa shape index (κ3) is 3.01. The standard InChI is InChI=1S/C14H7BrClFN2/c15-12-7-10(1-2-13(12)17)14(16)11(8-18)9-3-5-19-6-4-9/h1-7H/b14-11+. The van der Waals surface area contributed by atoms with Gasteiger partial charge in [-0.25, -0.2) is 4.39 Å². The summed E-state index contributed by atoms with van der Waals surface area (Å²) in [5.41, 5.74) is 1.56. The summed E-state index contributed by atoms with van der Waals surface area (Å²) in [5.74, 6) is -0.379. The van der Waals surface area contributed by atoms with Crippen LogP contribution < -0.4 is 0 Å². The fourth-order valence-electron chi connectivity index (χ4n) is 1.54. The number of hydrogen-bond acceptors (Lipinski definition) is 2. The van der Waals surface area contributed by atoms with Crippen molar-refractivity contribution in [2.45, 2.75) is 0 Å². The normalized spacial score (nSPS) is 11.7. The molecule has 0 radical (unpaired) electrons. The van der Waals surface area contributed by atoms with Gasteiger partial charge in [-0.1, -0.05) is 17.7 Å². The van der Waals surface area contributed by atoms with Gasteiger partial charge in [-0.05, 0) is 51.3 Å². The molecule has 1 aromatic heterocycles. The number of hydrogen-bond donors (Lipinski definition) is 0. The van der Waals surface area contributed by atoms with Crippen LogP contribution in [0.25, 0.3) is 10.6 Å². The predicted molar refractivity (Wildman–Crippen MR) is 76.6 cm³/mol. The fraction of sp³-hybridized carbons (Fsp3) is 0. The van der Waals surface area contributed by atoms with Crippen molar-refractivity contribution in [3.05, 3.63) is 64.1 Å². The second kappa shape index (κ2) is 5.96. The molecule has 0 amide bonds. The van der Waals surface area contributed by atoms with Crippen LogP contribution in [0.4, 0.5) is 4.39 Å². The van der Waals surface area contributed by atoms with Gasteiger partial charge < -0.3 is 0 Å². The summed E-state index contributed by atoms with van der Waals surface area (Å²) in [4.78, 5) is 3.89. The van der Waals surface area contributed by atoms with Crippen LogP contribution in [-0.2, 0) is 0 Å². The number of rotatable bonds is 2. The lowest BCUT2D eigenvalue weighted by molar-refractivity contribution is 0.621. The SMILES string of the molecule is N#C/C(=C(\Cl)c1ccc(F)c(Br)c1)c1ccncc1. The molecule has 2 aromatic rings. The van der Waals surface area contributed by atoms with Crippen LogP contribution in [0, 0.1) is 17.1 Å². The molecule has 5 heteroatoms. The lowest BCUT2D eigenvalue weighted by Gasteiger charge is -2.05. The molecule has 0 unspecified atom stereocenters. The number of nitrogens with zero attached hydrogens (tertiary/aromatic N) is 2. The van der Waals surface area contributed by atoms with E-state index >= 15 is 0 Å². The smallest absolute Gasteiger partial charge is 0.137 e. The lowest BCUT2D eigenvalue weighted by Crippen LogP contribution is -1.88. The first-order chi connectivity index (χ1) is 9.13. The Kier molecular flexibility index (Phi) is 4.31. The van der Waals surface area contributed by atoms with Crippen molar-refractivity contribution in [2.75, 3.05) is 0 Å². The lowest BCUT2D eigenvalue weighted by atomic mass is 10.0. The Hall–Kier alpha value is -1.70. The molecule has 0 aliphatic rings. The monoisotopic (exact) mass is 336 g/mol. The van der Waals surface area contributed by atoms with E-state index < -0.39 is 0 Å². The second-order valence-electron chi connectivity index (χ2n) is 3.67. The average molecular weight is 338 g/mol. The van der Waals surface area contributed by atoms with Crippen molar-refractivity contribution in [3.63, 3.8) is 0 Å². The first-order valence-corrected chi connectivity index (χ1v) is 6.46. The van der Waals surface area contributed by atoms with E-state index in [9.17, 15) is 9.65 Å². The number of halogens is 3. The minimum absolute atomic E-state index is 0.273. The van der Waals surface area contributed by atoms with Crippen molar-refractivity contribution in [1.82, 2.24) is 4.98 Å². The molecule has 1 heterocycles. The van der Waals surface area contributed by atoms with E-state index in [1.54, 1.807) is 24.5 Å². The van der Waals surface area contributed by atoms with Crippen molar-refractivity contribution in [1.29, 1.82) is 5.26 Å². The summed E-state index contributed by atoms with van der Waals surface area (Å²) in [7, 11) is 0. The zero-order chi connectivity index (χ0) is 13.8. The van der Waals surface area contributed by atoms with Gasteiger partial charge in [-0.3, -0.25) is 4.98 Å². The molecule has 19 heavy (non-hydrogen) atoms. The predicted octanol–water partition coefficient (Wildman–Crippen LogP) is 4.61. The van der Waals surface area contributed by atoms with Crippen LogP contribution in [-0.4, -0.2) is 4.98 Å². The van der Waals surface area contributed by atoms with Gasteiger partial charge in [0.15, 0.2) is 0 Å². The number of aromatic nitrogens is 1. The molecule has 0 saturated carbocycles. The van der Waals surface area contributed by atoms with Gasteiger partial charge in [0, 0.05) is 12.4 Å². The second-order valence-corrected chi connectivity index (χ2v) is 4.90. The minimum atomic E-state index is -0.379. The minimum Gasteiger partial charge on any atom is -0.265 e. The number of allylic oxidation sites excluding steroid dienone is 1. The summed E-state index contributed by atoms with van der Waals surface area (Å²) >= 11 is 9.32. The zero-order valence-corrected chi connectivity index (χ0v) is 11.9. The Bertz CT molecular complexity index is 678. The van der Waals surface area contributed by atoms with E-state index in [2.05, 4.69) is 27.0 Å². The van der Waals surface area contributed by atoms with E-state index in [1.165, 1.54) is 18.2 Å². The molecule has 2 rings (SSSR count). The van der Waals surface area contributed by atoms with Crippen LogP contribution in [0.5, 0.6) is 0 Å². The van der Waals surface area contributed by atoms with E-state index in [0.717, 1.165) is 0 Å². The van der Waals surface area contributed by atoms with Crippen molar-refractivity contribution < 1.29 is 4.39 Å². The van der Waals surface area contributed by atoms with Gasteiger partial charge in [0.25, 0.3) is 0 Å². The van der Waals surface area contributed by atoms with Gasteiger partial charge in [0.2, 0.25) is 0 Å². The van der Waals surface area contributed by atoms with Gasteiger partial charge in [-0.15, -0.1) is 0 Å². The molecule has 0 saturated heterocycles. The summed E-state index contributed by atoms with van der Waals surface area (Å²) in [6.07, 6.45) is 3.16. The third-order valence-corrected chi connectivity index (χ3v) is 3.49. The molecule has 1 aromatic carbocycles. The molecule has 94 valence electrons. The van der Waals surface area contributed by atoms with Crippen molar-refractivity contribution >= 4 is 38.1 Å². The number of nitriles is 1. The molecule has 0 N–H and O–H groups in total. The highest BCUT2D eigenvalue weighted by Gasteiger charge is 2.11. The van der Waals surface area contributed by atoms with Gasteiger partial charge in [-0.2, -0.15) is 5.26 Å². The van der Waals surface area contributed by atoms with Crippen LogP contribution in [0.15, 0.2) is 47.2 Å². The van der Waals surface area contributed by atoms with Crippen LogP contribution in [0.1, 0.15) is 11.1 Å². The van der Waals surface area contributed by atoms with Gasteiger partial charge >= 0.3 is 0 Å². The van der Waals surface area contributed by atoms with E-state index in [4.69, 9.17) is 11.6 Å². The Balaban J connectivity index is 2.56. The molecule has 0 fully saturated rings. The Morgan fingerprint density at radius 3 is 2.47 bits per heavy atom. The van der Waals surface area contributed by atoms with E-state index in [0.29, 0.717) is 21.2 Å². The maximum Gasteiger partial charge on any atom is 0.137 e. The highest BCUT2D eigenvalue weighted by Crippen LogP contribution is 2.31. The Morgan fingerprint density at radius 2 is 1.89 bits per heavy atom. The van der Waals surface area contributed by atoms with E-state index in [-0.39, 0.29) is 10.8 Å². The van der Waals surface area contributed by atoms with Crippen molar-refractivity contribution in [3.8, 4) is 6.07 Å². The maximum atomic E-state index is 13.2. The van der Waals surface area contributed by atoms with Crippen molar-refractivity contribution in [2.24, 2.45) is 0 Å². The molecule has 0 bridgehead atoms. The summed E-state index contributed by atoms with van der Waals surface area (Å²) in [6.45, 7) is 0. The van der Waals surface area contributed by atoms with Gasteiger partial charge in [0.1, 0.15) is 11.9 Å². The third-order valence-electron chi connectivity index (χ3n) is 2.47. The first kappa shape index (κ1) is 13.7. The molecule has 0 atom stereocenters. The Labute approximate surface area is 123 Å². The maximum absolute atomic E-state index is 13.2. The van der Waals surface area contributed by atoms with E-state index in [1.807, 2.05) is 0 Å². The molecule has 2 nitrogen and oxygen atoms in total. The highest BCUT2D eigenvalue weighted by atomic mass is 79.9. The fourth-order valence-corrected chi connectivity index (χ4v) is 2.18. The number of benzene rings is 1. The zero-order valence-electron chi connectivity index (χ0n) is 9.57. The summed E-state index contributed by atoms with van der Waals surface area (Å²) in [6, 6.07) is 9.81. The van der Waals surface area contributed by atoms with Crippen LogP contribution in [0.3, 0.4) is 0 Å². The molecule has 0 spiro atoms. The molecule has 0 aliphatic carbocycles.